The molecular weight excluding hydrogens is 224 g/mol. The zero-order chi connectivity index (χ0) is 11.4. The van der Waals surface area contributed by atoms with E-state index in [1.807, 2.05) is 6.92 Å². The molecule has 1 amide bonds. The summed E-state index contributed by atoms with van der Waals surface area (Å²) in [6, 6.07) is 0.332. The van der Waals surface area contributed by atoms with Gasteiger partial charge < -0.3 is 10.6 Å². The van der Waals surface area contributed by atoms with Crippen LogP contribution < -0.4 is 10.6 Å². The summed E-state index contributed by atoms with van der Waals surface area (Å²) in [5.74, 6) is -0.0893. The lowest BCUT2D eigenvalue weighted by atomic mass is 10.2. The number of anilines is 1. The summed E-state index contributed by atoms with van der Waals surface area (Å²) in [5.41, 5.74) is 0. The molecule has 0 aliphatic heterocycles. The van der Waals surface area contributed by atoms with Crippen molar-refractivity contribution in [3.05, 3.63) is 5.01 Å². The molecule has 0 radical (unpaired) electrons. The molecule has 0 spiro atoms. The largest absolute Gasteiger partial charge is 0.360 e. The molecule has 1 aliphatic carbocycles. The molecule has 1 aromatic heterocycles. The molecule has 1 heterocycles. The SMILES string of the molecule is CCNc1nnc(C(=O)NC2CCCC2)s1. The molecular formula is C10H16N4OS. The van der Waals surface area contributed by atoms with Gasteiger partial charge in [-0.15, -0.1) is 10.2 Å². The standard InChI is InChI=1S/C10H16N4OS/c1-2-11-10-14-13-9(16-10)8(15)12-7-5-3-4-6-7/h7H,2-6H2,1H3,(H,11,14)(H,12,15). The normalized spacial score (nSPS) is 16.3. The molecule has 2 rings (SSSR count). The van der Waals surface area contributed by atoms with Crippen LogP contribution in [0.3, 0.4) is 0 Å². The Labute approximate surface area is 98.7 Å². The average Bonchev–Trinajstić information content (AvgIpc) is 2.89. The summed E-state index contributed by atoms with van der Waals surface area (Å²) in [5, 5.41) is 15.0. The fourth-order valence-electron chi connectivity index (χ4n) is 1.85. The molecule has 0 saturated heterocycles. The van der Waals surface area contributed by atoms with Crippen LogP contribution in [0, 0.1) is 0 Å². The Kier molecular flexibility index (Phi) is 3.71. The Bertz CT molecular complexity index is 359. The highest BCUT2D eigenvalue weighted by molar-refractivity contribution is 7.17. The predicted octanol–water partition coefficient (Wildman–Crippen LogP) is 1.64. The van der Waals surface area contributed by atoms with Crippen molar-refractivity contribution < 1.29 is 4.79 Å². The molecule has 2 N–H and O–H groups in total. The van der Waals surface area contributed by atoms with Crippen molar-refractivity contribution >= 4 is 22.4 Å². The van der Waals surface area contributed by atoms with Crippen LogP contribution in [0.15, 0.2) is 0 Å². The lowest BCUT2D eigenvalue weighted by Gasteiger charge is -2.09. The van der Waals surface area contributed by atoms with Gasteiger partial charge in [-0.05, 0) is 19.8 Å². The van der Waals surface area contributed by atoms with Gasteiger partial charge in [-0.25, -0.2) is 0 Å². The molecule has 0 bridgehead atoms. The number of carbonyl (C=O) groups excluding carboxylic acids is 1. The highest BCUT2D eigenvalue weighted by Gasteiger charge is 2.20. The zero-order valence-electron chi connectivity index (χ0n) is 9.32. The molecule has 1 fully saturated rings. The summed E-state index contributed by atoms with van der Waals surface area (Å²) < 4.78 is 0. The van der Waals surface area contributed by atoms with E-state index in [9.17, 15) is 4.79 Å². The van der Waals surface area contributed by atoms with E-state index in [2.05, 4.69) is 20.8 Å². The number of nitrogens with one attached hydrogen (secondary N) is 2. The zero-order valence-corrected chi connectivity index (χ0v) is 10.1. The van der Waals surface area contributed by atoms with Crippen LogP contribution in [0.25, 0.3) is 0 Å². The molecule has 16 heavy (non-hydrogen) atoms. The second kappa shape index (κ2) is 5.25. The summed E-state index contributed by atoms with van der Waals surface area (Å²) >= 11 is 1.30. The molecule has 1 saturated carbocycles. The monoisotopic (exact) mass is 240 g/mol. The van der Waals surface area contributed by atoms with Crippen LogP contribution in [0.2, 0.25) is 0 Å². The minimum Gasteiger partial charge on any atom is -0.360 e. The van der Waals surface area contributed by atoms with Gasteiger partial charge in [0.15, 0.2) is 0 Å². The predicted molar refractivity (Wildman–Crippen MR) is 63.8 cm³/mol. The summed E-state index contributed by atoms with van der Waals surface area (Å²) in [7, 11) is 0. The third-order valence-electron chi connectivity index (χ3n) is 2.64. The van der Waals surface area contributed by atoms with Gasteiger partial charge >= 0.3 is 0 Å². The molecule has 0 atom stereocenters. The maximum atomic E-state index is 11.8. The minimum absolute atomic E-state index is 0.0893. The van der Waals surface area contributed by atoms with Crippen molar-refractivity contribution in [1.82, 2.24) is 15.5 Å². The van der Waals surface area contributed by atoms with E-state index in [1.165, 1.54) is 24.2 Å². The Hall–Kier alpha value is -1.17. The van der Waals surface area contributed by atoms with Gasteiger partial charge in [0, 0.05) is 12.6 Å². The smallest absolute Gasteiger partial charge is 0.282 e. The van der Waals surface area contributed by atoms with E-state index in [1.54, 1.807) is 0 Å². The van der Waals surface area contributed by atoms with Crippen LogP contribution in [0.4, 0.5) is 5.13 Å². The van der Waals surface area contributed by atoms with E-state index in [-0.39, 0.29) is 5.91 Å². The lowest BCUT2D eigenvalue weighted by Crippen LogP contribution is -2.32. The summed E-state index contributed by atoms with van der Waals surface area (Å²) in [6.07, 6.45) is 4.60. The highest BCUT2D eigenvalue weighted by atomic mass is 32.1. The number of rotatable bonds is 4. The topological polar surface area (TPSA) is 66.9 Å². The van der Waals surface area contributed by atoms with Crippen LogP contribution in [-0.2, 0) is 0 Å². The number of nitrogens with zero attached hydrogens (tertiary/aromatic N) is 2. The highest BCUT2D eigenvalue weighted by Crippen LogP contribution is 2.19. The van der Waals surface area contributed by atoms with Gasteiger partial charge in [-0.3, -0.25) is 4.79 Å². The first-order valence-corrected chi connectivity index (χ1v) is 6.49. The first-order chi connectivity index (χ1) is 7.79. The van der Waals surface area contributed by atoms with Crippen LogP contribution in [-0.4, -0.2) is 28.7 Å². The Morgan fingerprint density at radius 1 is 1.44 bits per heavy atom. The molecule has 6 heteroatoms. The third-order valence-corrected chi connectivity index (χ3v) is 3.52. The molecule has 0 aromatic carbocycles. The van der Waals surface area contributed by atoms with Crippen LogP contribution in [0.5, 0.6) is 0 Å². The third kappa shape index (κ3) is 2.69. The van der Waals surface area contributed by atoms with Crippen molar-refractivity contribution in [2.24, 2.45) is 0 Å². The average molecular weight is 240 g/mol. The molecule has 5 nitrogen and oxygen atoms in total. The van der Waals surface area contributed by atoms with Gasteiger partial charge in [0.05, 0.1) is 0 Å². The van der Waals surface area contributed by atoms with Crippen molar-refractivity contribution in [1.29, 1.82) is 0 Å². The molecule has 88 valence electrons. The van der Waals surface area contributed by atoms with Gasteiger partial charge in [0.2, 0.25) is 10.1 Å². The van der Waals surface area contributed by atoms with Gasteiger partial charge in [0.25, 0.3) is 5.91 Å². The fraction of sp³-hybridized carbons (Fsp3) is 0.700. The Morgan fingerprint density at radius 3 is 2.88 bits per heavy atom. The number of hydrogen-bond donors (Lipinski definition) is 2. The molecule has 1 aliphatic rings. The number of carbonyl (C=O) groups is 1. The minimum atomic E-state index is -0.0893. The number of aromatic nitrogens is 2. The van der Waals surface area contributed by atoms with Gasteiger partial charge in [-0.2, -0.15) is 0 Å². The van der Waals surface area contributed by atoms with Crippen molar-refractivity contribution in [2.75, 3.05) is 11.9 Å². The maximum Gasteiger partial charge on any atom is 0.282 e. The first kappa shape index (κ1) is 11.3. The van der Waals surface area contributed by atoms with E-state index in [4.69, 9.17) is 0 Å². The van der Waals surface area contributed by atoms with Crippen LogP contribution >= 0.6 is 11.3 Å². The first-order valence-electron chi connectivity index (χ1n) is 5.68. The lowest BCUT2D eigenvalue weighted by molar-refractivity contribution is 0.0937. The second-order valence-electron chi connectivity index (χ2n) is 3.90. The maximum absolute atomic E-state index is 11.8. The van der Waals surface area contributed by atoms with Gasteiger partial charge in [0.1, 0.15) is 0 Å². The Morgan fingerprint density at radius 2 is 2.19 bits per heavy atom. The summed E-state index contributed by atoms with van der Waals surface area (Å²) in [6.45, 7) is 2.78. The van der Waals surface area contributed by atoms with Crippen molar-refractivity contribution in [3.8, 4) is 0 Å². The van der Waals surface area contributed by atoms with E-state index in [0.29, 0.717) is 16.2 Å². The fourth-order valence-corrected chi connectivity index (χ4v) is 2.57. The van der Waals surface area contributed by atoms with Gasteiger partial charge in [-0.1, -0.05) is 24.2 Å². The molecule has 0 unspecified atom stereocenters. The Balaban J connectivity index is 1.91. The van der Waals surface area contributed by atoms with Crippen molar-refractivity contribution in [2.45, 2.75) is 38.6 Å². The number of hydrogen-bond acceptors (Lipinski definition) is 5. The molecule has 1 aromatic rings. The van der Waals surface area contributed by atoms with Crippen LogP contribution in [0.1, 0.15) is 42.4 Å². The van der Waals surface area contributed by atoms with Crippen molar-refractivity contribution in [3.63, 3.8) is 0 Å². The number of amides is 1. The van der Waals surface area contributed by atoms with E-state index < -0.39 is 0 Å². The van der Waals surface area contributed by atoms with E-state index >= 15 is 0 Å². The quantitative estimate of drug-likeness (QED) is 0.839. The van der Waals surface area contributed by atoms with E-state index in [0.717, 1.165) is 19.4 Å². The second-order valence-corrected chi connectivity index (χ2v) is 4.88. The summed E-state index contributed by atoms with van der Waals surface area (Å²) in [4.78, 5) is 11.8.